The van der Waals surface area contributed by atoms with Gasteiger partial charge in [-0.1, -0.05) is 133 Å². The topological polar surface area (TPSA) is 48.5 Å². The highest BCUT2D eigenvalue weighted by Crippen LogP contribution is 2.44. The van der Waals surface area contributed by atoms with Crippen LogP contribution in [0, 0.1) is 0 Å². The summed E-state index contributed by atoms with van der Waals surface area (Å²) < 4.78 is 4.74. The second-order valence-corrected chi connectivity index (χ2v) is 13.7. The van der Waals surface area contributed by atoms with Gasteiger partial charge in [0.15, 0.2) is 17.5 Å². The number of nitrogens with zero attached hydrogens (tertiary/aromatic N) is 5. The summed E-state index contributed by atoms with van der Waals surface area (Å²) in [6.45, 7) is 0. The van der Waals surface area contributed by atoms with Crippen LogP contribution in [0.5, 0.6) is 0 Å². The Kier molecular flexibility index (Phi) is 6.79. The zero-order chi connectivity index (χ0) is 35.6. The lowest BCUT2D eigenvalue weighted by atomic mass is 9.98. The van der Waals surface area contributed by atoms with E-state index in [9.17, 15) is 0 Å². The third kappa shape index (κ3) is 4.76. The molecule has 3 aromatic heterocycles. The van der Waals surface area contributed by atoms with E-state index in [1.807, 2.05) is 60.7 Å². The van der Waals surface area contributed by atoms with E-state index in [2.05, 4.69) is 137 Å². The molecule has 0 aliphatic carbocycles. The largest absolute Gasteiger partial charge is 0.316 e. The molecule has 54 heavy (non-hydrogen) atoms. The molecule has 0 fully saturated rings. The van der Waals surface area contributed by atoms with Gasteiger partial charge in [0.05, 0.1) is 16.6 Å². The minimum atomic E-state index is 0.643. The Morgan fingerprint density at radius 1 is 0.333 bits per heavy atom. The quantitative estimate of drug-likeness (QED) is 0.163. The lowest BCUT2D eigenvalue weighted by Gasteiger charge is -2.11. The van der Waals surface area contributed by atoms with Gasteiger partial charge in [-0.2, -0.15) is 0 Å². The van der Waals surface area contributed by atoms with Crippen LogP contribution < -0.4 is 0 Å². The molecule has 0 saturated heterocycles. The van der Waals surface area contributed by atoms with E-state index < -0.39 is 0 Å². The van der Waals surface area contributed by atoms with Crippen molar-refractivity contribution >= 4 is 43.5 Å². The highest BCUT2D eigenvalue weighted by Gasteiger charge is 2.21. The average Bonchev–Trinajstić information content (AvgIpc) is 3.86. The van der Waals surface area contributed by atoms with Gasteiger partial charge in [-0.05, 0) is 65.0 Å². The molecule has 0 N–H and O–H groups in total. The van der Waals surface area contributed by atoms with Crippen molar-refractivity contribution in [1.82, 2.24) is 24.1 Å². The Hall–Kier alpha value is -7.37. The summed E-state index contributed by atoms with van der Waals surface area (Å²) in [4.78, 5) is 14.8. The van der Waals surface area contributed by atoms with E-state index in [1.54, 1.807) is 0 Å². The zero-order valence-corrected chi connectivity index (χ0v) is 29.1. The van der Waals surface area contributed by atoms with Crippen LogP contribution in [0.2, 0.25) is 0 Å². The number of aromatic nitrogens is 5. The van der Waals surface area contributed by atoms with Crippen molar-refractivity contribution in [3.05, 3.63) is 188 Å². The number of fused-ring (bicyclic) bond motifs is 3. The molecule has 0 radical (unpaired) electrons. The van der Waals surface area contributed by atoms with Gasteiger partial charge < -0.3 is 9.13 Å². The SMILES string of the molecule is c1ccc(-c2nc(-c3ccccc3)nc(-c3cccc(-c4ccc(-n5c6cccc7c8ccn(-c9ccccc9)c8c8cccc5c8c76)cc4)c3)n2)cc1. The van der Waals surface area contributed by atoms with E-state index in [0.29, 0.717) is 17.5 Å². The van der Waals surface area contributed by atoms with Crippen molar-refractivity contribution in [3.8, 4) is 56.7 Å². The first-order valence-electron chi connectivity index (χ1n) is 18.2. The molecule has 0 saturated carbocycles. The molecule has 8 aromatic carbocycles. The molecular weight excluding hydrogens is 659 g/mol. The Labute approximate surface area is 311 Å². The van der Waals surface area contributed by atoms with Crippen molar-refractivity contribution in [3.63, 3.8) is 0 Å². The number of rotatable bonds is 6. The predicted molar refractivity (Wildman–Crippen MR) is 221 cm³/mol. The predicted octanol–water partition coefficient (Wildman–Crippen LogP) is 12.2. The van der Waals surface area contributed by atoms with Crippen LogP contribution in [0.1, 0.15) is 0 Å². The van der Waals surface area contributed by atoms with Crippen LogP contribution in [-0.4, -0.2) is 24.1 Å². The first-order chi connectivity index (χ1) is 26.8. The molecule has 5 heteroatoms. The van der Waals surface area contributed by atoms with Crippen LogP contribution in [0.4, 0.5) is 0 Å². The van der Waals surface area contributed by atoms with Crippen molar-refractivity contribution in [2.24, 2.45) is 0 Å². The average molecular weight is 690 g/mol. The second-order valence-electron chi connectivity index (χ2n) is 13.7. The van der Waals surface area contributed by atoms with Crippen LogP contribution in [0.25, 0.3) is 100 Å². The monoisotopic (exact) mass is 689 g/mol. The van der Waals surface area contributed by atoms with Gasteiger partial charge in [0.1, 0.15) is 0 Å². The van der Waals surface area contributed by atoms with Crippen molar-refractivity contribution in [2.75, 3.05) is 0 Å². The molecule has 0 spiro atoms. The maximum atomic E-state index is 4.97. The number of para-hydroxylation sites is 1. The molecule has 0 atom stereocenters. The molecular formula is C49H31N5. The third-order valence-corrected chi connectivity index (χ3v) is 10.6. The zero-order valence-electron chi connectivity index (χ0n) is 29.1. The van der Waals surface area contributed by atoms with Gasteiger partial charge in [0.2, 0.25) is 0 Å². The summed E-state index contributed by atoms with van der Waals surface area (Å²) in [7, 11) is 0. The minimum Gasteiger partial charge on any atom is -0.316 e. The second kappa shape index (κ2) is 12.1. The molecule has 252 valence electrons. The van der Waals surface area contributed by atoms with Crippen LogP contribution in [-0.2, 0) is 0 Å². The summed E-state index contributed by atoms with van der Waals surface area (Å²) in [6.07, 6.45) is 2.20. The Bertz CT molecular complexity index is 3070. The normalized spacial score (nSPS) is 11.7. The fourth-order valence-corrected chi connectivity index (χ4v) is 8.11. The maximum Gasteiger partial charge on any atom is 0.164 e. The summed E-state index contributed by atoms with van der Waals surface area (Å²) in [6, 6.07) is 63.9. The third-order valence-electron chi connectivity index (χ3n) is 10.6. The summed E-state index contributed by atoms with van der Waals surface area (Å²) in [5.41, 5.74) is 11.0. The molecule has 0 unspecified atom stereocenters. The lowest BCUT2D eigenvalue weighted by molar-refractivity contribution is 1.07. The highest BCUT2D eigenvalue weighted by molar-refractivity contribution is 6.34. The Balaban J connectivity index is 1.02. The minimum absolute atomic E-state index is 0.643. The van der Waals surface area contributed by atoms with E-state index in [1.165, 1.54) is 43.5 Å². The van der Waals surface area contributed by atoms with Gasteiger partial charge in [-0.3, -0.25) is 0 Å². The fourth-order valence-electron chi connectivity index (χ4n) is 8.11. The van der Waals surface area contributed by atoms with Gasteiger partial charge in [-0.25, -0.2) is 15.0 Å². The van der Waals surface area contributed by atoms with Gasteiger partial charge in [0, 0.05) is 55.8 Å². The van der Waals surface area contributed by atoms with Gasteiger partial charge >= 0.3 is 0 Å². The molecule has 11 rings (SSSR count). The molecule has 0 aliphatic heterocycles. The molecule has 0 aliphatic rings. The Morgan fingerprint density at radius 2 is 0.852 bits per heavy atom. The van der Waals surface area contributed by atoms with E-state index in [-0.39, 0.29) is 0 Å². The van der Waals surface area contributed by atoms with Crippen molar-refractivity contribution in [2.45, 2.75) is 0 Å². The lowest BCUT2D eigenvalue weighted by Crippen LogP contribution is -2.00. The van der Waals surface area contributed by atoms with E-state index >= 15 is 0 Å². The molecule has 3 heterocycles. The van der Waals surface area contributed by atoms with Gasteiger partial charge in [0.25, 0.3) is 0 Å². The van der Waals surface area contributed by atoms with Crippen molar-refractivity contribution in [1.29, 1.82) is 0 Å². The molecule has 11 aromatic rings. The summed E-state index contributed by atoms with van der Waals surface area (Å²) in [5, 5.41) is 6.40. The standard InChI is InChI=1S/C49H31N5/c1-4-13-33(14-5-1)47-50-48(34-15-6-2-7-16-34)52-49(51-47)36-18-10-17-35(31-36)32-25-27-38(28-26-32)54-42-23-11-21-39-40-29-30-53(37-19-8-3-9-20-37)46(40)41-22-12-24-43(54)45(41)44(39)42/h1-31H. The number of hydrogen-bond acceptors (Lipinski definition) is 3. The van der Waals surface area contributed by atoms with Crippen molar-refractivity contribution < 1.29 is 0 Å². The Morgan fingerprint density at radius 3 is 1.50 bits per heavy atom. The fraction of sp³-hybridized carbons (Fsp3) is 0. The molecule has 0 amide bonds. The van der Waals surface area contributed by atoms with E-state index in [4.69, 9.17) is 15.0 Å². The van der Waals surface area contributed by atoms with Crippen LogP contribution in [0.15, 0.2) is 188 Å². The maximum absolute atomic E-state index is 4.97. The van der Waals surface area contributed by atoms with Crippen LogP contribution in [0.3, 0.4) is 0 Å². The summed E-state index contributed by atoms with van der Waals surface area (Å²) in [5.74, 6) is 1.95. The summed E-state index contributed by atoms with van der Waals surface area (Å²) >= 11 is 0. The molecule has 5 nitrogen and oxygen atoms in total. The first-order valence-corrected chi connectivity index (χ1v) is 18.2. The first kappa shape index (κ1) is 30.3. The number of benzene rings is 8. The highest BCUT2D eigenvalue weighted by atomic mass is 15.0. The van der Waals surface area contributed by atoms with Crippen LogP contribution >= 0.6 is 0 Å². The van der Waals surface area contributed by atoms with E-state index in [0.717, 1.165) is 39.2 Å². The molecule has 0 bridgehead atoms. The van der Waals surface area contributed by atoms with Gasteiger partial charge in [-0.15, -0.1) is 0 Å². The number of hydrogen-bond donors (Lipinski definition) is 0. The smallest absolute Gasteiger partial charge is 0.164 e.